The van der Waals surface area contributed by atoms with Crippen molar-refractivity contribution in [2.24, 2.45) is 0 Å². The Morgan fingerprint density at radius 3 is 2.55 bits per heavy atom. The van der Waals surface area contributed by atoms with Gasteiger partial charge in [0.15, 0.2) is 0 Å². The molecule has 2 aromatic rings. The van der Waals surface area contributed by atoms with Crippen molar-refractivity contribution < 1.29 is 18.3 Å². The normalized spacial score (nSPS) is 13.4. The fourth-order valence-corrected chi connectivity index (χ4v) is 2.34. The Hall–Kier alpha value is -2.00. The summed E-state index contributed by atoms with van der Waals surface area (Å²) in [6.07, 6.45) is -4.51. The zero-order chi connectivity index (χ0) is 15.1. The number of alkyl halides is 3. The van der Waals surface area contributed by atoms with Crippen LogP contribution in [-0.2, 0) is 6.18 Å². The Kier molecular flexibility index (Phi) is 3.48. The zero-order valence-electron chi connectivity index (χ0n) is 11.0. The smallest absolute Gasteiger partial charge is 0.394 e. The number of rotatable bonds is 2. The molecule has 3 nitrogen and oxygen atoms in total. The van der Waals surface area contributed by atoms with Crippen LogP contribution in [0, 0.1) is 18.3 Å². The van der Waals surface area contributed by atoms with E-state index in [0.717, 1.165) is 10.6 Å². The first-order valence-corrected chi connectivity index (χ1v) is 6.04. The number of nitriles is 1. The van der Waals surface area contributed by atoms with Gasteiger partial charge in [-0.3, -0.25) is 0 Å². The average molecular weight is 282 g/mol. The van der Waals surface area contributed by atoms with Crippen molar-refractivity contribution in [1.29, 1.82) is 5.26 Å². The van der Waals surface area contributed by atoms with Crippen molar-refractivity contribution in [3.05, 3.63) is 35.0 Å². The van der Waals surface area contributed by atoms with E-state index >= 15 is 0 Å². The molecule has 0 aliphatic heterocycles. The molecule has 0 fully saturated rings. The summed E-state index contributed by atoms with van der Waals surface area (Å²) in [5, 5.41) is 18.5. The van der Waals surface area contributed by atoms with Gasteiger partial charge < -0.3 is 9.67 Å². The van der Waals surface area contributed by atoms with Crippen LogP contribution < -0.4 is 0 Å². The minimum absolute atomic E-state index is 0.347. The van der Waals surface area contributed by atoms with Crippen molar-refractivity contribution in [1.82, 2.24) is 4.57 Å². The highest BCUT2D eigenvalue weighted by Crippen LogP contribution is 2.37. The maximum atomic E-state index is 13.1. The zero-order valence-corrected chi connectivity index (χ0v) is 11.0. The summed E-state index contributed by atoms with van der Waals surface area (Å²) in [7, 11) is 0. The van der Waals surface area contributed by atoms with Crippen LogP contribution >= 0.6 is 0 Å². The Morgan fingerprint density at radius 1 is 1.40 bits per heavy atom. The summed E-state index contributed by atoms with van der Waals surface area (Å²) in [4.78, 5) is 0. The average Bonchev–Trinajstić information content (AvgIpc) is 2.78. The van der Waals surface area contributed by atoms with Crippen LogP contribution in [0.3, 0.4) is 0 Å². The largest absolute Gasteiger partial charge is 0.431 e. The molecule has 1 heterocycles. The molecule has 0 aliphatic carbocycles. The molecule has 1 atom stereocenters. The van der Waals surface area contributed by atoms with Crippen molar-refractivity contribution in [3.8, 4) is 6.07 Å². The second-order valence-electron chi connectivity index (χ2n) is 4.71. The maximum Gasteiger partial charge on any atom is 0.431 e. The van der Waals surface area contributed by atoms with Gasteiger partial charge >= 0.3 is 6.18 Å². The standard InChI is InChI=1S/C14H13F3N2O/c1-8(7-20)19-12-4-3-10(6-18)9(2)11(12)5-13(19)14(15,16)17/h3-5,8,20H,7H2,1-2H3. The number of nitrogens with zero attached hydrogens (tertiary/aromatic N) is 2. The highest BCUT2D eigenvalue weighted by Gasteiger charge is 2.36. The van der Waals surface area contributed by atoms with Crippen LogP contribution in [0.5, 0.6) is 0 Å². The third-order valence-corrected chi connectivity index (χ3v) is 3.41. The van der Waals surface area contributed by atoms with E-state index in [9.17, 15) is 18.3 Å². The summed E-state index contributed by atoms with van der Waals surface area (Å²) in [6, 6.07) is 5.29. The van der Waals surface area contributed by atoms with Crippen LogP contribution in [0.25, 0.3) is 10.9 Å². The lowest BCUT2D eigenvalue weighted by Gasteiger charge is -2.18. The lowest BCUT2D eigenvalue weighted by atomic mass is 10.1. The lowest BCUT2D eigenvalue weighted by molar-refractivity contribution is -0.144. The third-order valence-electron chi connectivity index (χ3n) is 3.41. The Bertz CT molecular complexity index is 695. The van der Waals surface area contributed by atoms with Gasteiger partial charge in [0.05, 0.1) is 24.3 Å². The quantitative estimate of drug-likeness (QED) is 0.917. The van der Waals surface area contributed by atoms with Crippen LogP contribution in [0.4, 0.5) is 13.2 Å². The van der Waals surface area contributed by atoms with Gasteiger partial charge in [0.2, 0.25) is 0 Å². The monoisotopic (exact) mass is 282 g/mol. The van der Waals surface area contributed by atoms with E-state index in [-0.39, 0.29) is 0 Å². The summed E-state index contributed by atoms with van der Waals surface area (Å²) in [6.45, 7) is 2.74. The molecule has 0 aliphatic rings. The first kappa shape index (κ1) is 14.4. The summed E-state index contributed by atoms with van der Waals surface area (Å²) >= 11 is 0. The molecule has 1 aromatic heterocycles. The van der Waals surface area contributed by atoms with Gasteiger partial charge in [-0.15, -0.1) is 0 Å². The fraction of sp³-hybridized carbons (Fsp3) is 0.357. The van der Waals surface area contributed by atoms with Crippen molar-refractivity contribution in [2.75, 3.05) is 6.61 Å². The second-order valence-corrected chi connectivity index (χ2v) is 4.71. The summed E-state index contributed by atoms with van der Waals surface area (Å²) in [5.74, 6) is 0. The molecular weight excluding hydrogens is 269 g/mol. The third kappa shape index (κ3) is 2.14. The van der Waals surface area contributed by atoms with E-state index < -0.39 is 24.5 Å². The van der Waals surface area contributed by atoms with Crippen LogP contribution in [0.15, 0.2) is 18.2 Å². The lowest BCUT2D eigenvalue weighted by Crippen LogP contribution is -2.18. The van der Waals surface area contributed by atoms with Gasteiger partial charge in [-0.2, -0.15) is 18.4 Å². The fourth-order valence-electron chi connectivity index (χ4n) is 2.34. The Morgan fingerprint density at radius 2 is 2.05 bits per heavy atom. The highest BCUT2D eigenvalue weighted by molar-refractivity contribution is 5.87. The Labute approximate surface area is 113 Å². The highest BCUT2D eigenvalue weighted by atomic mass is 19.4. The van der Waals surface area contributed by atoms with Gasteiger partial charge in [-0.05, 0) is 37.6 Å². The van der Waals surface area contributed by atoms with Gasteiger partial charge in [0.1, 0.15) is 5.69 Å². The molecule has 1 N–H and O–H groups in total. The molecule has 2 rings (SSSR count). The van der Waals surface area contributed by atoms with Gasteiger partial charge in [0.25, 0.3) is 0 Å². The Balaban J connectivity index is 2.87. The number of aliphatic hydroxyl groups excluding tert-OH is 1. The first-order chi connectivity index (χ1) is 9.31. The topological polar surface area (TPSA) is 49.0 Å². The number of benzene rings is 1. The number of halogens is 3. The molecule has 1 unspecified atom stereocenters. The number of aromatic nitrogens is 1. The van der Waals surface area contributed by atoms with E-state index in [1.54, 1.807) is 6.92 Å². The molecule has 0 spiro atoms. The minimum Gasteiger partial charge on any atom is -0.394 e. The molecule has 0 saturated carbocycles. The van der Waals surface area contributed by atoms with E-state index in [1.807, 2.05) is 6.07 Å². The molecule has 1 aromatic carbocycles. The number of hydrogen-bond donors (Lipinski definition) is 1. The van der Waals surface area contributed by atoms with E-state index in [0.29, 0.717) is 22.0 Å². The summed E-state index contributed by atoms with van der Waals surface area (Å²) < 4.78 is 40.5. The molecular formula is C14H13F3N2O. The number of fused-ring (bicyclic) bond motifs is 1. The van der Waals surface area contributed by atoms with Crippen molar-refractivity contribution in [2.45, 2.75) is 26.1 Å². The van der Waals surface area contributed by atoms with Gasteiger partial charge in [0, 0.05) is 10.9 Å². The van der Waals surface area contributed by atoms with E-state index in [2.05, 4.69) is 0 Å². The number of hydrogen-bond acceptors (Lipinski definition) is 2. The van der Waals surface area contributed by atoms with E-state index in [4.69, 9.17) is 5.26 Å². The molecule has 20 heavy (non-hydrogen) atoms. The molecule has 106 valence electrons. The van der Waals surface area contributed by atoms with Crippen LogP contribution in [-0.4, -0.2) is 16.3 Å². The minimum atomic E-state index is -4.51. The van der Waals surface area contributed by atoms with Gasteiger partial charge in [-0.25, -0.2) is 0 Å². The van der Waals surface area contributed by atoms with Crippen LogP contribution in [0.1, 0.15) is 29.8 Å². The predicted octanol–water partition coefficient (Wildman–Crippen LogP) is 3.39. The maximum absolute atomic E-state index is 13.1. The number of aryl methyl sites for hydroxylation is 1. The molecule has 0 saturated heterocycles. The van der Waals surface area contributed by atoms with Gasteiger partial charge in [-0.1, -0.05) is 0 Å². The molecule has 6 heteroatoms. The molecule has 0 radical (unpaired) electrons. The number of aliphatic hydroxyl groups is 1. The SMILES string of the molecule is Cc1c(C#N)ccc2c1cc(C(F)(F)F)n2C(C)CO. The predicted molar refractivity (Wildman–Crippen MR) is 68.2 cm³/mol. The summed E-state index contributed by atoms with van der Waals surface area (Å²) in [5.41, 5.74) is 0.419. The molecule has 0 amide bonds. The second kappa shape index (κ2) is 4.84. The first-order valence-electron chi connectivity index (χ1n) is 6.04. The molecule has 0 bridgehead atoms. The van der Waals surface area contributed by atoms with Crippen molar-refractivity contribution in [3.63, 3.8) is 0 Å². The van der Waals surface area contributed by atoms with Crippen LogP contribution in [0.2, 0.25) is 0 Å². The van der Waals surface area contributed by atoms with E-state index in [1.165, 1.54) is 19.1 Å². The van der Waals surface area contributed by atoms with Crippen molar-refractivity contribution >= 4 is 10.9 Å².